The third-order valence-electron chi connectivity index (χ3n) is 4.10. The van der Waals surface area contributed by atoms with E-state index in [4.69, 9.17) is 0 Å². The molecule has 1 aromatic carbocycles. The number of nitrogens with one attached hydrogen (secondary N) is 1. The SMILES string of the molecule is Cl.Cl.c1cncc(Cn2c3c(c4ccccc42)CNCC3)c1. The summed E-state index contributed by atoms with van der Waals surface area (Å²) in [5.41, 5.74) is 5.55. The second kappa shape index (κ2) is 7.14. The number of halogens is 2. The maximum atomic E-state index is 4.23. The van der Waals surface area contributed by atoms with Crippen LogP contribution in [0.25, 0.3) is 10.9 Å². The molecule has 2 aromatic heterocycles. The highest BCUT2D eigenvalue weighted by molar-refractivity contribution is 5.86. The topological polar surface area (TPSA) is 29.9 Å². The standard InChI is InChI=1S/C17H17N3.2ClH/c1-2-6-16-14(5-1)15-11-19-9-7-17(15)20(16)12-13-4-3-8-18-10-13;;/h1-6,8,10,19H,7,9,11-12H2;2*1H. The van der Waals surface area contributed by atoms with E-state index in [-0.39, 0.29) is 24.8 Å². The van der Waals surface area contributed by atoms with Crippen LogP contribution >= 0.6 is 24.8 Å². The molecule has 1 aliphatic heterocycles. The van der Waals surface area contributed by atoms with Crippen molar-refractivity contribution in [2.75, 3.05) is 6.54 Å². The van der Waals surface area contributed by atoms with Gasteiger partial charge < -0.3 is 9.88 Å². The Morgan fingerprint density at radius 1 is 1.09 bits per heavy atom. The van der Waals surface area contributed by atoms with Gasteiger partial charge in [-0.3, -0.25) is 4.98 Å². The summed E-state index contributed by atoms with van der Waals surface area (Å²) in [7, 11) is 0. The minimum atomic E-state index is 0. The smallest absolute Gasteiger partial charge is 0.0494 e. The Bertz CT molecular complexity index is 753. The number of fused-ring (bicyclic) bond motifs is 3. The molecule has 116 valence electrons. The number of aromatic nitrogens is 2. The molecule has 22 heavy (non-hydrogen) atoms. The van der Waals surface area contributed by atoms with Crippen molar-refractivity contribution in [2.45, 2.75) is 19.5 Å². The van der Waals surface area contributed by atoms with Gasteiger partial charge in [-0.2, -0.15) is 0 Å². The lowest BCUT2D eigenvalue weighted by Gasteiger charge is -2.17. The largest absolute Gasteiger partial charge is 0.340 e. The summed E-state index contributed by atoms with van der Waals surface area (Å²) in [4.78, 5) is 4.23. The number of nitrogens with zero attached hydrogens (tertiary/aromatic N) is 2. The summed E-state index contributed by atoms with van der Waals surface area (Å²) >= 11 is 0. The normalized spacial score (nSPS) is 13.1. The van der Waals surface area contributed by atoms with Crippen molar-refractivity contribution in [1.29, 1.82) is 0 Å². The Morgan fingerprint density at radius 2 is 1.95 bits per heavy atom. The fourth-order valence-electron chi connectivity index (χ4n) is 3.19. The molecule has 0 aliphatic carbocycles. The van der Waals surface area contributed by atoms with Gasteiger partial charge in [0.1, 0.15) is 0 Å². The van der Waals surface area contributed by atoms with Crippen molar-refractivity contribution < 1.29 is 0 Å². The molecule has 0 radical (unpaired) electrons. The number of hydrogen-bond donors (Lipinski definition) is 1. The second-order valence-electron chi connectivity index (χ2n) is 5.32. The van der Waals surface area contributed by atoms with Crippen LogP contribution in [0.2, 0.25) is 0 Å². The first-order chi connectivity index (χ1) is 9.93. The molecule has 3 aromatic rings. The van der Waals surface area contributed by atoms with Crippen molar-refractivity contribution in [3.8, 4) is 0 Å². The summed E-state index contributed by atoms with van der Waals surface area (Å²) < 4.78 is 2.46. The lowest BCUT2D eigenvalue weighted by molar-refractivity contribution is 0.611. The van der Waals surface area contributed by atoms with E-state index in [2.05, 4.69) is 45.2 Å². The number of para-hydroxylation sites is 1. The van der Waals surface area contributed by atoms with Crippen molar-refractivity contribution in [1.82, 2.24) is 14.9 Å². The number of pyridine rings is 1. The van der Waals surface area contributed by atoms with Crippen molar-refractivity contribution in [3.05, 3.63) is 65.6 Å². The summed E-state index contributed by atoms with van der Waals surface area (Å²) in [6, 6.07) is 12.9. The molecule has 0 fully saturated rings. The van der Waals surface area contributed by atoms with Crippen molar-refractivity contribution in [2.24, 2.45) is 0 Å². The monoisotopic (exact) mass is 335 g/mol. The van der Waals surface area contributed by atoms with Crippen LogP contribution in [-0.2, 0) is 19.5 Å². The molecule has 1 N–H and O–H groups in total. The van der Waals surface area contributed by atoms with Crippen LogP contribution in [0.5, 0.6) is 0 Å². The Morgan fingerprint density at radius 3 is 2.77 bits per heavy atom. The number of rotatable bonds is 2. The van der Waals surface area contributed by atoms with Gasteiger partial charge in [-0.25, -0.2) is 0 Å². The van der Waals surface area contributed by atoms with E-state index in [0.29, 0.717) is 0 Å². The fourth-order valence-corrected chi connectivity index (χ4v) is 3.19. The Labute approximate surface area is 142 Å². The Hall–Kier alpha value is -1.55. The highest BCUT2D eigenvalue weighted by Gasteiger charge is 2.19. The molecule has 0 saturated heterocycles. The molecule has 0 spiro atoms. The number of hydrogen-bond acceptors (Lipinski definition) is 2. The molecule has 1 aliphatic rings. The van der Waals surface area contributed by atoms with Crippen LogP contribution in [0.1, 0.15) is 16.8 Å². The van der Waals surface area contributed by atoms with Gasteiger partial charge in [0, 0.05) is 55.0 Å². The minimum absolute atomic E-state index is 0. The van der Waals surface area contributed by atoms with Crippen LogP contribution < -0.4 is 5.32 Å². The molecule has 0 saturated carbocycles. The molecule has 0 unspecified atom stereocenters. The highest BCUT2D eigenvalue weighted by Crippen LogP contribution is 2.29. The van der Waals surface area contributed by atoms with Gasteiger partial charge in [0.15, 0.2) is 0 Å². The zero-order valence-electron chi connectivity index (χ0n) is 12.2. The lowest BCUT2D eigenvalue weighted by atomic mass is 10.1. The van der Waals surface area contributed by atoms with Crippen LogP contribution in [-0.4, -0.2) is 16.1 Å². The summed E-state index contributed by atoms with van der Waals surface area (Å²) in [5.74, 6) is 0. The van der Waals surface area contributed by atoms with Gasteiger partial charge in [-0.1, -0.05) is 24.3 Å². The van der Waals surface area contributed by atoms with Gasteiger partial charge in [0.25, 0.3) is 0 Å². The third-order valence-corrected chi connectivity index (χ3v) is 4.10. The first kappa shape index (κ1) is 16.8. The molecule has 0 atom stereocenters. The van der Waals surface area contributed by atoms with Crippen LogP contribution in [0.3, 0.4) is 0 Å². The molecule has 0 amide bonds. The summed E-state index contributed by atoms with van der Waals surface area (Å²) in [6.45, 7) is 2.95. The van der Waals surface area contributed by atoms with E-state index in [1.807, 2.05) is 18.5 Å². The molecular formula is C17H19Cl2N3. The number of benzene rings is 1. The maximum absolute atomic E-state index is 4.23. The van der Waals surface area contributed by atoms with Crippen molar-refractivity contribution >= 4 is 35.7 Å². The summed E-state index contributed by atoms with van der Waals surface area (Å²) in [5, 5.41) is 4.87. The van der Waals surface area contributed by atoms with E-state index in [0.717, 1.165) is 26.1 Å². The molecule has 3 heterocycles. The first-order valence-corrected chi connectivity index (χ1v) is 7.12. The zero-order chi connectivity index (χ0) is 13.4. The maximum Gasteiger partial charge on any atom is 0.0494 e. The van der Waals surface area contributed by atoms with Gasteiger partial charge in [-0.15, -0.1) is 24.8 Å². The molecular weight excluding hydrogens is 317 g/mol. The predicted molar refractivity (Wildman–Crippen MR) is 95.2 cm³/mol. The van der Waals surface area contributed by atoms with Gasteiger partial charge in [0.05, 0.1) is 0 Å². The quantitative estimate of drug-likeness (QED) is 0.775. The highest BCUT2D eigenvalue weighted by atomic mass is 35.5. The predicted octanol–water partition coefficient (Wildman–Crippen LogP) is 3.57. The molecule has 0 bridgehead atoms. The first-order valence-electron chi connectivity index (χ1n) is 7.12. The lowest BCUT2D eigenvalue weighted by Crippen LogP contribution is -2.24. The van der Waals surface area contributed by atoms with E-state index in [1.54, 1.807) is 0 Å². The van der Waals surface area contributed by atoms with E-state index in [9.17, 15) is 0 Å². The van der Waals surface area contributed by atoms with Gasteiger partial charge in [-0.05, 0) is 23.3 Å². The Kier molecular flexibility index (Phi) is 5.46. The van der Waals surface area contributed by atoms with Gasteiger partial charge >= 0.3 is 0 Å². The van der Waals surface area contributed by atoms with Crippen LogP contribution in [0.4, 0.5) is 0 Å². The Balaban J connectivity index is 0.000000882. The van der Waals surface area contributed by atoms with E-state index < -0.39 is 0 Å². The fraction of sp³-hybridized carbons (Fsp3) is 0.235. The third kappa shape index (κ3) is 2.84. The molecule has 5 heteroatoms. The van der Waals surface area contributed by atoms with E-state index in [1.165, 1.54) is 27.7 Å². The van der Waals surface area contributed by atoms with Gasteiger partial charge in [0.2, 0.25) is 0 Å². The zero-order valence-corrected chi connectivity index (χ0v) is 13.8. The summed E-state index contributed by atoms with van der Waals surface area (Å²) in [6.07, 6.45) is 4.89. The average Bonchev–Trinajstić information content (AvgIpc) is 2.84. The van der Waals surface area contributed by atoms with Crippen LogP contribution in [0, 0.1) is 0 Å². The minimum Gasteiger partial charge on any atom is -0.340 e. The second-order valence-corrected chi connectivity index (χ2v) is 5.32. The van der Waals surface area contributed by atoms with Crippen molar-refractivity contribution in [3.63, 3.8) is 0 Å². The van der Waals surface area contributed by atoms with Crippen LogP contribution in [0.15, 0.2) is 48.8 Å². The van der Waals surface area contributed by atoms with E-state index >= 15 is 0 Å². The average molecular weight is 336 g/mol. The molecule has 3 nitrogen and oxygen atoms in total. The molecule has 4 rings (SSSR count).